The van der Waals surface area contributed by atoms with Crippen LogP contribution in [-0.4, -0.2) is 35.1 Å². The fraction of sp³-hybridized carbons (Fsp3) is 0.400. The molecule has 0 N–H and O–H groups in total. The zero-order chi connectivity index (χ0) is 13.2. The van der Waals surface area contributed by atoms with Crippen LogP contribution in [0.3, 0.4) is 0 Å². The standard InChI is InChI=1S/C15H17N3O/c1-12-9-17(6-7-19-12)10-13-11-18-5-3-2-4-15(18)14(13)8-16/h2-5,11-12H,6-7,9-10H2,1H3. The number of rotatable bonds is 2. The van der Waals surface area contributed by atoms with E-state index in [1.165, 1.54) is 0 Å². The Labute approximate surface area is 112 Å². The maximum absolute atomic E-state index is 9.38. The van der Waals surface area contributed by atoms with Crippen LogP contribution in [0, 0.1) is 11.3 Å². The van der Waals surface area contributed by atoms with Gasteiger partial charge in [-0.2, -0.15) is 5.26 Å². The van der Waals surface area contributed by atoms with Crippen molar-refractivity contribution in [1.82, 2.24) is 9.30 Å². The minimum atomic E-state index is 0.274. The predicted octanol–water partition coefficient (Wildman–Crippen LogP) is 2.03. The lowest BCUT2D eigenvalue weighted by molar-refractivity contribution is -0.0212. The largest absolute Gasteiger partial charge is 0.376 e. The third kappa shape index (κ3) is 2.35. The summed E-state index contributed by atoms with van der Waals surface area (Å²) >= 11 is 0. The lowest BCUT2D eigenvalue weighted by Gasteiger charge is -2.30. The molecule has 4 nitrogen and oxygen atoms in total. The average molecular weight is 255 g/mol. The van der Waals surface area contributed by atoms with Gasteiger partial charge < -0.3 is 9.14 Å². The summed E-state index contributed by atoms with van der Waals surface area (Å²) in [4.78, 5) is 2.35. The van der Waals surface area contributed by atoms with E-state index >= 15 is 0 Å². The molecule has 19 heavy (non-hydrogen) atoms. The Bertz CT molecular complexity index is 626. The van der Waals surface area contributed by atoms with Gasteiger partial charge in [-0.15, -0.1) is 0 Å². The van der Waals surface area contributed by atoms with Gasteiger partial charge in [0.25, 0.3) is 0 Å². The highest BCUT2D eigenvalue weighted by atomic mass is 16.5. The van der Waals surface area contributed by atoms with Crippen LogP contribution in [-0.2, 0) is 11.3 Å². The Morgan fingerprint density at radius 2 is 2.37 bits per heavy atom. The molecule has 3 rings (SSSR count). The van der Waals surface area contributed by atoms with Gasteiger partial charge in [0.15, 0.2) is 0 Å². The van der Waals surface area contributed by atoms with Gasteiger partial charge in [-0.1, -0.05) is 6.07 Å². The van der Waals surface area contributed by atoms with E-state index in [0.717, 1.165) is 42.9 Å². The van der Waals surface area contributed by atoms with E-state index in [0.29, 0.717) is 0 Å². The third-order valence-corrected chi connectivity index (χ3v) is 3.59. The zero-order valence-electron chi connectivity index (χ0n) is 11.0. The van der Waals surface area contributed by atoms with Gasteiger partial charge in [-0.25, -0.2) is 0 Å². The number of ether oxygens (including phenoxy) is 1. The maximum atomic E-state index is 9.38. The molecule has 1 saturated heterocycles. The summed E-state index contributed by atoms with van der Waals surface area (Å²) in [5.41, 5.74) is 2.88. The lowest BCUT2D eigenvalue weighted by atomic mass is 10.1. The first-order valence-corrected chi connectivity index (χ1v) is 6.60. The molecule has 1 unspecified atom stereocenters. The Hall–Kier alpha value is -1.83. The molecule has 0 saturated carbocycles. The predicted molar refractivity (Wildman–Crippen MR) is 72.8 cm³/mol. The zero-order valence-corrected chi connectivity index (χ0v) is 11.0. The Morgan fingerprint density at radius 3 is 3.16 bits per heavy atom. The summed E-state index contributed by atoms with van der Waals surface area (Å²) in [6.07, 6.45) is 4.33. The second-order valence-electron chi connectivity index (χ2n) is 5.05. The van der Waals surface area contributed by atoms with Gasteiger partial charge in [0.05, 0.1) is 23.8 Å². The highest BCUT2D eigenvalue weighted by Crippen LogP contribution is 2.20. The normalized spacial score (nSPS) is 20.5. The first kappa shape index (κ1) is 12.2. The van der Waals surface area contributed by atoms with E-state index in [1.54, 1.807) is 0 Å². The average Bonchev–Trinajstić information content (AvgIpc) is 2.75. The van der Waals surface area contributed by atoms with Crippen molar-refractivity contribution in [3.05, 3.63) is 41.7 Å². The van der Waals surface area contributed by atoms with Crippen LogP contribution in [0.4, 0.5) is 0 Å². The third-order valence-electron chi connectivity index (χ3n) is 3.59. The monoisotopic (exact) mass is 255 g/mol. The minimum Gasteiger partial charge on any atom is -0.376 e. The molecule has 0 radical (unpaired) electrons. The van der Waals surface area contributed by atoms with Crippen molar-refractivity contribution in [2.24, 2.45) is 0 Å². The van der Waals surface area contributed by atoms with Crippen molar-refractivity contribution < 1.29 is 4.74 Å². The van der Waals surface area contributed by atoms with Crippen LogP contribution in [0.15, 0.2) is 30.6 Å². The van der Waals surface area contributed by atoms with Gasteiger partial charge in [0.2, 0.25) is 0 Å². The highest BCUT2D eigenvalue weighted by Gasteiger charge is 2.19. The first-order valence-electron chi connectivity index (χ1n) is 6.60. The summed E-state index contributed by atoms with van der Waals surface area (Å²) in [5.74, 6) is 0. The van der Waals surface area contributed by atoms with E-state index in [1.807, 2.05) is 28.8 Å². The molecule has 2 aromatic rings. The summed E-state index contributed by atoms with van der Waals surface area (Å²) < 4.78 is 7.57. The van der Waals surface area contributed by atoms with E-state index in [9.17, 15) is 5.26 Å². The number of fused-ring (bicyclic) bond motifs is 1. The van der Waals surface area contributed by atoms with Crippen LogP contribution >= 0.6 is 0 Å². The molecule has 0 aromatic carbocycles. The minimum absolute atomic E-state index is 0.274. The SMILES string of the molecule is CC1CN(Cc2cn3ccccc3c2C#N)CCO1. The molecule has 0 bridgehead atoms. The van der Waals surface area contributed by atoms with E-state index in [2.05, 4.69) is 24.1 Å². The van der Waals surface area contributed by atoms with Crippen molar-refractivity contribution in [3.8, 4) is 6.07 Å². The molecule has 98 valence electrons. The smallest absolute Gasteiger partial charge is 0.102 e. The molecule has 0 aliphatic carbocycles. The molecule has 0 amide bonds. The summed E-state index contributed by atoms with van der Waals surface area (Å²) in [6, 6.07) is 8.28. The quantitative estimate of drug-likeness (QED) is 0.824. The molecule has 1 fully saturated rings. The molecular weight excluding hydrogens is 238 g/mol. The molecular formula is C15H17N3O. The van der Waals surface area contributed by atoms with Gasteiger partial charge >= 0.3 is 0 Å². The molecule has 1 aliphatic heterocycles. The number of morpholine rings is 1. The van der Waals surface area contributed by atoms with Crippen LogP contribution in [0.5, 0.6) is 0 Å². The Morgan fingerprint density at radius 1 is 1.47 bits per heavy atom. The molecule has 3 heterocycles. The molecule has 1 aliphatic rings. The lowest BCUT2D eigenvalue weighted by Crippen LogP contribution is -2.40. The molecule has 2 aromatic heterocycles. The second-order valence-corrected chi connectivity index (χ2v) is 5.05. The number of pyridine rings is 1. The van der Waals surface area contributed by atoms with Crippen LogP contribution < -0.4 is 0 Å². The second kappa shape index (κ2) is 5.04. The van der Waals surface area contributed by atoms with Gasteiger partial charge in [0, 0.05) is 37.6 Å². The van der Waals surface area contributed by atoms with Crippen LogP contribution in [0.2, 0.25) is 0 Å². The fourth-order valence-electron chi connectivity index (χ4n) is 2.70. The fourth-order valence-corrected chi connectivity index (χ4v) is 2.70. The van der Waals surface area contributed by atoms with Crippen molar-refractivity contribution in [2.45, 2.75) is 19.6 Å². The number of nitriles is 1. The van der Waals surface area contributed by atoms with Crippen molar-refractivity contribution in [3.63, 3.8) is 0 Å². The van der Waals surface area contributed by atoms with Gasteiger partial charge in [-0.3, -0.25) is 4.90 Å². The van der Waals surface area contributed by atoms with E-state index in [4.69, 9.17) is 4.74 Å². The Kier molecular flexibility index (Phi) is 3.24. The summed E-state index contributed by atoms with van der Waals surface area (Å²) in [5, 5.41) is 9.38. The number of hydrogen-bond donors (Lipinski definition) is 0. The van der Waals surface area contributed by atoms with E-state index < -0.39 is 0 Å². The van der Waals surface area contributed by atoms with E-state index in [-0.39, 0.29) is 6.10 Å². The Balaban J connectivity index is 1.90. The number of aromatic nitrogens is 1. The summed E-state index contributed by atoms with van der Waals surface area (Å²) in [6.45, 7) is 5.54. The highest BCUT2D eigenvalue weighted by molar-refractivity contribution is 5.65. The molecule has 4 heteroatoms. The first-order chi connectivity index (χ1) is 9.28. The van der Waals surface area contributed by atoms with Gasteiger partial charge in [0.1, 0.15) is 6.07 Å². The maximum Gasteiger partial charge on any atom is 0.102 e. The van der Waals surface area contributed by atoms with Gasteiger partial charge in [-0.05, 0) is 19.1 Å². The number of nitrogens with zero attached hydrogens (tertiary/aromatic N) is 3. The molecule has 0 spiro atoms. The van der Waals surface area contributed by atoms with Crippen LogP contribution in [0.25, 0.3) is 5.52 Å². The summed E-state index contributed by atoms with van der Waals surface area (Å²) in [7, 11) is 0. The van der Waals surface area contributed by atoms with Crippen molar-refractivity contribution in [2.75, 3.05) is 19.7 Å². The van der Waals surface area contributed by atoms with Crippen molar-refractivity contribution >= 4 is 5.52 Å². The number of hydrogen-bond acceptors (Lipinski definition) is 3. The van der Waals surface area contributed by atoms with Crippen molar-refractivity contribution in [1.29, 1.82) is 5.26 Å². The molecule has 1 atom stereocenters. The van der Waals surface area contributed by atoms with Crippen LogP contribution in [0.1, 0.15) is 18.1 Å². The topological polar surface area (TPSA) is 40.7 Å².